The minimum Gasteiger partial charge on any atom is -0.509 e. The second-order valence-corrected chi connectivity index (χ2v) is 15.6. The van der Waals surface area contributed by atoms with E-state index in [2.05, 4.69) is 179 Å². The molecule has 1 aliphatic rings. The third kappa shape index (κ3) is 6.23. The van der Waals surface area contributed by atoms with Crippen molar-refractivity contribution < 1.29 is 25.8 Å². The predicted octanol–water partition coefficient (Wildman–Crippen LogP) is 12.1. The summed E-state index contributed by atoms with van der Waals surface area (Å²) in [5.41, 5.74) is 14.2. The molecular weight excluding hydrogens is 858 g/mol. The second kappa shape index (κ2) is 13.6. The van der Waals surface area contributed by atoms with E-state index in [1.54, 1.807) is 0 Å². The summed E-state index contributed by atoms with van der Waals surface area (Å²) in [7, 11) is 0. The van der Waals surface area contributed by atoms with Gasteiger partial charge < -0.3 is 23.8 Å². The van der Waals surface area contributed by atoms with Crippen LogP contribution in [0.4, 0.5) is 11.4 Å². The third-order valence-electron chi connectivity index (χ3n) is 10.7. The first-order valence-corrected chi connectivity index (χ1v) is 18.5. The molecule has 55 heavy (non-hydrogen) atoms. The molecule has 0 amide bonds. The molecule has 6 nitrogen and oxygen atoms in total. The third-order valence-corrected chi connectivity index (χ3v) is 10.7. The molecule has 0 saturated carbocycles. The van der Waals surface area contributed by atoms with E-state index < -0.39 is 0 Å². The maximum Gasteiger partial charge on any atom is 0.135 e. The van der Waals surface area contributed by atoms with Crippen molar-refractivity contribution in [1.82, 2.24) is 19.1 Å². The SMILES string of the molecule is Cc1cc(C)c(-c2cc(Oc3[c-]c4c(cc3)c3ccccc3n4-c3cc(C(C)(C)C)ccn3)[c-]c(N3[CH-]n4c(nc(C)c4C)-c4ccccc43)c2)c(C)c1.[Pt]. The number of hydrogen-bond acceptors (Lipinski definition) is 4. The molecule has 8 aromatic rings. The number of pyridine rings is 1. The zero-order valence-electron chi connectivity index (χ0n) is 32.4. The van der Waals surface area contributed by atoms with E-state index in [1.165, 1.54) is 27.8 Å². The number of ether oxygens (including phenoxy) is 1. The van der Waals surface area contributed by atoms with E-state index in [-0.39, 0.29) is 26.5 Å². The number of imidazole rings is 1. The molecule has 1 aliphatic heterocycles. The maximum absolute atomic E-state index is 6.83. The molecule has 5 aromatic carbocycles. The van der Waals surface area contributed by atoms with Gasteiger partial charge in [-0.2, -0.15) is 6.07 Å². The second-order valence-electron chi connectivity index (χ2n) is 15.6. The molecule has 0 saturated heterocycles. The fraction of sp³-hybridized carbons (Fsp3) is 0.188. The van der Waals surface area contributed by atoms with E-state index in [0.29, 0.717) is 11.5 Å². The summed E-state index contributed by atoms with van der Waals surface area (Å²) in [5, 5.41) is 2.23. The van der Waals surface area contributed by atoms with Crippen LogP contribution in [-0.4, -0.2) is 19.1 Å². The Morgan fingerprint density at radius 2 is 1.49 bits per heavy atom. The van der Waals surface area contributed by atoms with Gasteiger partial charge >= 0.3 is 0 Å². The van der Waals surface area contributed by atoms with Crippen LogP contribution in [0.2, 0.25) is 0 Å². The van der Waals surface area contributed by atoms with Crippen LogP contribution in [0, 0.1) is 53.4 Å². The quantitative estimate of drug-likeness (QED) is 0.162. The number of rotatable bonds is 5. The van der Waals surface area contributed by atoms with Crippen LogP contribution in [-0.2, 0) is 26.5 Å². The van der Waals surface area contributed by atoms with Gasteiger partial charge in [0.15, 0.2) is 0 Å². The molecule has 4 heterocycles. The smallest absolute Gasteiger partial charge is 0.135 e. The Morgan fingerprint density at radius 1 is 0.745 bits per heavy atom. The summed E-state index contributed by atoms with van der Waals surface area (Å²) in [6, 6.07) is 41.4. The van der Waals surface area contributed by atoms with Crippen LogP contribution in [0.1, 0.15) is 54.4 Å². The summed E-state index contributed by atoms with van der Waals surface area (Å²) in [5.74, 6) is 2.99. The normalized spacial score (nSPS) is 12.3. The molecule has 0 spiro atoms. The Labute approximate surface area is 337 Å². The Hall–Kier alpha value is -5.58. The first-order chi connectivity index (χ1) is 25.9. The summed E-state index contributed by atoms with van der Waals surface area (Å²) < 4.78 is 11.2. The monoisotopic (exact) mass is 899 g/mol. The minimum atomic E-state index is -0.0234. The van der Waals surface area contributed by atoms with E-state index in [9.17, 15) is 0 Å². The standard InChI is InChI=1S/C48H42N5O.Pt/c1-29-21-30(2)46(31(3)22-29)34-23-36(52-28-51-33(5)32(4)50-47(51)41-14-10-11-15-42(41)52)26-38(24-34)54-37-17-18-40-39-13-9-12-16-43(39)53(44(40)27-37)45-25-35(19-20-49-45)48(6,7)8;/h9-25,28H,1-8H3;/q-3;. The van der Waals surface area contributed by atoms with E-state index in [1.807, 2.05) is 12.3 Å². The molecule has 7 heteroatoms. The fourth-order valence-corrected chi connectivity index (χ4v) is 7.99. The van der Waals surface area contributed by atoms with Gasteiger partial charge in [-0.1, -0.05) is 98.7 Å². The number of aryl methyl sites for hydroxylation is 4. The molecule has 0 bridgehead atoms. The molecule has 0 atom stereocenters. The van der Waals surface area contributed by atoms with Crippen molar-refractivity contribution in [3.8, 4) is 39.8 Å². The molecule has 278 valence electrons. The molecule has 0 fully saturated rings. The van der Waals surface area contributed by atoms with Crippen molar-refractivity contribution in [1.29, 1.82) is 0 Å². The van der Waals surface area contributed by atoms with Gasteiger partial charge in [-0.05, 0) is 103 Å². The van der Waals surface area contributed by atoms with Crippen molar-refractivity contribution in [2.24, 2.45) is 0 Å². The van der Waals surface area contributed by atoms with Gasteiger partial charge in [0.25, 0.3) is 0 Å². The Kier molecular flexibility index (Phi) is 9.01. The van der Waals surface area contributed by atoms with Crippen molar-refractivity contribution in [3.63, 3.8) is 0 Å². The molecule has 0 aliphatic carbocycles. The van der Waals surface area contributed by atoms with Gasteiger partial charge in [0.2, 0.25) is 0 Å². The van der Waals surface area contributed by atoms with Gasteiger partial charge in [-0.15, -0.1) is 41.3 Å². The molecule has 0 radical (unpaired) electrons. The van der Waals surface area contributed by atoms with Crippen LogP contribution < -0.4 is 9.64 Å². The number of nitrogens with zero attached hydrogens (tertiary/aromatic N) is 5. The van der Waals surface area contributed by atoms with E-state index in [0.717, 1.165) is 67.3 Å². The van der Waals surface area contributed by atoms with Crippen molar-refractivity contribution in [3.05, 3.63) is 156 Å². The molecule has 0 unspecified atom stereocenters. The van der Waals surface area contributed by atoms with Gasteiger partial charge in [0.05, 0.1) is 0 Å². The molecule has 3 aromatic heterocycles. The average Bonchev–Trinajstić information content (AvgIpc) is 3.63. The van der Waals surface area contributed by atoms with Crippen molar-refractivity contribution >= 4 is 33.2 Å². The molecular formula is C48H42N5OPt-3. The van der Waals surface area contributed by atoms with Gasteiger partial charge in [0, 0.05) is 55.8 Å². The van der Waals surface area contributed by atoms with Crippen LogP contribution in [0.25, 0.3) is 50.1 Å². The summed E-state index contributed by atoms with van der Waals surface area (Å²) >= 11 is 0. The minimum absolute atomic E-state index is 0. The average molecular weight is 900 g/mol. The first-order valence-electron chi connectivity index (χ1n) is 18.5. The van der Waals surface area contributed by atoms with Gasteiger partial charge in [0.1, 0.15) is 5.82 Å². The van der Waals surface area contributed by atoms with Crippen LogP contribution in [0.5, 0.6) is 11.5 Å². The molecule has 0 N–H and O–H groups in total. The topological polar surface area (TPSA) is 48.1 Å². The number of benzene rings is 5. The number of hydrogen-bond donors (Lipinski definition) is 0. The number of aromatic nitrogens is 4. The van der Waals surface area contributed by atoms with E-state index in [4.69, 9.17) is 14.7 Å². The maximum atomic E-state index is 6.83. The van der Waals surface area contributed by atoms with Gasteiger partial charge in [-0.3, -0.25) is 0 Å². The van der Waals surface area contributed by atoms with Crippen molar-refractivity contribution in [2.75, 3.05) is 4.90 Å². The van der Waals surface area contributed by atoms with Crippen LogP contribution in [0.15, 0.2) is 103 Å². The summed E-state index contributed by atoms with van der Waals surface area (Å²) in [6.07, 6.45) is 1.90. The Bertz CT molecular complexity index is 2760. The number of fused-ring (bicyclic) bond motifs is 6. The van der Waals surface area contributed by atoms with E-state index >= 15 is 0 Å². The predicted molar refractivity (Wildman–Crippen MR) is 220 cm³/mol. The fourth-order valence-electron chi connectivity index (χ4n) is 7.99. The number of para-hydroxylation sites is 2. The zero-order valence-corrected chi connectivity index (χ0v) is 34.6. The Morgan fingerprint density at radius 3 is 2.27 bits per heavy atom. The van der Waals surface area contributed by atoms with Crippen LogP contribution in [0.3, 0.4) is 0 Å². The van der Waals surface area contributed by atoms with Crippen LogP contribution >= 0.6 is 0 Å². The summed E-state index contributed by atoms with van der Waals surface area (Å²) in [6.45, 7) is 19.5. The van der Waals surface area contributed by atoms with Gasteiger partial charge in [-0.25, -0.2) is 4.98 Å². The zero-order chi connectivity index (χ0) is 37.5. The van der Waals surface area contributed by atoms with Crippen molar-refractivity contribution in [2.45, 2.75) is 60.8 Å². The molecule has 9 rings (SSSR count). The largest absolute Gasteiger partial charge is 0.509 e. The first kappa shape index (κ1) is 36.4. The Balaban J connectivity index is 0.00000427. The number of anilines is 2. The summed E-state index contributed by atoms with van der Waals surface area (Å²) in [4.78, 5) is 12.0.